The van der Waals surface area contributed by atoms with Gasteiger partial charge in [0.2, 0.25) is 5.88 Å². The molecule has 5 nitrogen and oxygen atoms in total. The van der Waals surface area contributed by atoms with Crippen LogP contribution in [0.3, 0.4) is 0 Å². The maximum Gasteiger partial charge on any atom is 0.318 e. The average molecular weight is 345 g/mol. The zero-order valence-corrected chi connectivity index (χ0v) is 14.9. The van der Waals surface area contributed by atoms with E-state index in [0.29, 0.717) is 12.4 Å². The second-order valence-corrected chi connectivity index (χ2v) is 7.18. The Hall–Kier alpha value is -2.08. The SMILES string of the molecule is CC(C)Oc1ccc(CNC(=O)N2CCC[C@@H]2c2cccs2)cn1. The number of carbonyl (C=O) groups excluding carboxylic acids is 1. The summed E-state index contributed by atoms with van der Waals surface area (Å²) in [6, 6.07) is 8.13. The molecule has 24 heavy (non-hydrogen) atoms. The molecule has 2 amide bonds. The topological polar surface area (TPSA) is 54.5 Å². The largest absolute Gasteiger partial charge is 0.475 e. The minimum absolute atomic E-state index is 0.00610. The molecule has 1 aliphatic heterocycles. The van der Waals surface area contributed by atoms with E-state index >= 15 is 0 Å². The van der Waals surface area contributed by atoms with Crippen molar-refractivity contribution in [3.63, 3.8) is 0 Å². The van der Waals surface area contributed by atoms with Gasteiger partial charge in [0.15, 0.2) is 0 Å². The summed E-state index contributed by atoms with van der Waals surface area (Å²) in [5, 5.41) is 5.07. The molecule has 1 atom stereocenters. The highest BCUT2D eigenvalue weighted by molar-refractivity contribution is 7.10. The lowest BCUT2D eigenvalue weighted by atomic mass is 10.2. The molecule has 0 aromatic carbocycles. The monoisotopic (exact) mass is 345 g/mol. The fourth-order valence-electron chi connectivity index (χ4n) is 2.89. The molecule has 1 saturated heterocycles. The van der Waals surface area contributed by atoms with E-state index in [1.165, 1.54) is 4.88 Å². The standard InChI is InChI=1S/C18H23N3O2S/c1-13(2)23-17-8-7-14(11-19-17)12-20-18(22)21-9-3-5-15(21)16-6-4-10-24-16/h4,6-8,10-11,13,15H,3,5,9,12H2,1-2H3,(H,20,22)/t15-/m1/s1. The van der Waals surface area contributed by atoms with E-state index in [0.717, 1.165) is 24.9 Å². The Morgan fingerprint density at radius 1 is 1.46 bits per heavy atom. The van der Waals surface area contributed by atoms with E-state index in [4.69, 9.17) is 4.74 Å². The van der Waals surface area contributed by atoms with Gasteiger partial charge in [-0.15, -0.1) is 11.3 Å². The third-order valence-corrected chi connectivity index (χ3v) is 4.96. The first-order valence-corrected chi connectivity index (χ1v) is 9.21. The van der Waals surface area contributed by atoms with E-state index in [1.807, 2.05) is 36.9 Å². The van der Waals surface area contributed by atoms with Gasteiger partial charge in [0.05, 0.1) is 12.1 Å². The van der Waals surface area contributed by atoms with E-state index < -0.39 is 0 Å². The fraction of sp³-hybridized carbons (Fsp3) is 0.444. The van der Waals surface area contributed by atoms with Crippen LogP contribution in [0.2, 0.25) is 0 Å². The lowest BCUT2D eigenvalue weighted by Gasteiger charge is -2.24. The molecule has 1 aliphatic rings. The smallest absolute Gasteiger partial charge is 0.318 e. The molecule has 128 valence electrons. The van der Waals surface area contributed by atoms with Crippen molar-refractivity contribution >= 4 is 17.4 Å². The van der Waals surface area contributed by atoms with Gasteiger partial charge in [-0.25, -0.2) is 9.78 Å². The predicted molar refractivity (Wildman–Crippen MR) is 95.2 cm³/mol. The van der Waals surface area contributed by atoms with Gasteiger partial charge in [0.1, 0.15) is 0 Å². The predicted octanol–water partition coefficient (Wildman–Crippen LogP) is 3.98. The lowest BCUT2D eigenvalue weighted by Crippen LogP contribution is -2.38. The Bertz CT molecular complexity index is 655. The summed E-state index contributed by atoms with van der Waals surface area (Å²) in [6.07, 6.45) is 3.95. The third-order valence-electron chi connectivity index (χ3n) is 3.98. The number of amides is 2. The van der Waals surface area contributed by atoms with Crippen molar-refractivity contribution in [2.45, 2.75) is 45.4 Å². The normalized spacial score (nSPS) is 17.3. The van der Waals surface area contributed by atoms with Crippen LogP contribution in [0, 0.1) is 0 Å². The Morgan fingerprint density at radius 2 is 2.33 bits per heavy atom. The molecule has 0 unspecified atom stereocenters. The Labute approximate surface area is 146 Å². The number of likely N-dealkylation sites (tertiary alicyclic amines) is 1. The quantitative estimate of drug-likeness (QED) is 0.892. The van der Waals surface area contributed by atoms with Gasteiger partial charge in [-0.1, -0.05) is 12.1 Å². The van der Waals surface area contributed by atoms with E-state index in [9.17, 15) is 4.79 Å². The van der Waals surface area contributed by atoms with Crippen molar-refractivity contribution in [1.29, 1.82) is 0 Å². The molecule has 1 N–H and O–H groups in total. The minimum Gasteiger partial charge on any atom is -0.475 e. The van der Waals surface area contributed by atoms with Gasteiger partial charge in [-0.3, -0.25) is 0 Å². The van der Waals surface area contributed by atoms with Crippen LogP contribution in [0.15, 0.2) is 35.8 Å². The highest BCUT2D eigenvalue weighted by atomic mass is 32.1. The summed E-state index contributed by atoms with van der Waals surface area (Å²) < 4.78 is 5.53. The number of hydrogen-bond donors (Lipinski definition) is 1. The first-order valence-electron chi connectivity index (χ1n) is 8.33. The van der Waals surface area contributed by atoms with Crippen LogP contribution in [0.5, 0.6) is 5.88 Å². The van der Waals surface area contributed by atoms with Crippen molar-refractivity contribution in [2.24, 2.45) is 0 Å². The highest BCUT2D eigenvalue weighted by Gasteiger charge is 2.30. The molecule has 6 heteroatoms. The first kappa shape index (κ1) is 16.8. The van der Waals surface area contributed by atoms with Gasteiger partial charge >= 0.3 is 6.03 Å². The maximum atomic E-state index is 12.5. The summed E-state index contributed by atoms with van der Waals surface area (Å²) >= 11 is 1.72. The Morgan fingerprint density at radius 3 is 3.00 bits per heavy atom. The lowest BCUT2D eigenvalue weighted by molar-refractivity contribution is 0.193. The second kappa shape index (κ2) is 7.66. The molecule has 2 aromatic heterocycles. The van der Waals surface area contributed by atoms with E-state index in [2.05, 4.69) is 21.7 Å². The molecule has 2 aromatic rings. The zero-order valence-electron chi connectivity index (χ0n) is 14.1. The number of ether oxygens (including phenoxy) is 1. The van der Waals surface area contributed by atoms with Crippen LogP contribution in [0.4, 0.5) is 4.79 Å². The molecule has 0 radical (unpaired) electrons. The molecular weight excluding hydrogens is 322 g/mol. The number of carbonyl (C=O) groups is 1. The number of urea groups is 1. The fourth-order valence-corrected chi connectivity index (χ4v) is 3.77. The van der Waals surface area contributed by atoms with Gasteiger partial charge < -0.3 is 15.0 Å². The molecule has 0 aliphatic carbocycles. The van der Waals surface area contributed by atoms with Crippen molar-refractivity contribution in [1.82, 2.24) is 15.2 Å². The van der Waals surface area contributed by atoms with Gasteiger partial charge in [0.25, 0.3) is 0 Å². The number of aromatic nitrogens is 1. The molecule has 0 saturated carbocycles. The van der Waals surface area contributed by atoms with Crippen LogP contribution < -0.4 is 10.1 Å². The zero-order chi connectivity index (χ0) is 16.9. The summed E-state index contributed by atoms with van der Waals surface area (Å²) in [6.45, 7) is 5.22. The molecule has 0 bridgehead atoms. The Kier molecular flexibility index (Phi) is 5.35. The van der Waals surface area contributed by atoms with Crippen LogP contribution in [-0.4, -0.2) is 28.6 Å². The molecule has 0 spiro atoms. The molecular formula is C18H23N3O2S. The van der Waals surface area contributed by atoms with Gasteiger partial charge in [-0.2, -0.15) is 0 Å². The average Bonchev–Trinajstić information content (AvgIpc) is 3.24. The van der Waals surface area contributed by atoms with Crippen LogP contribution in [0.1, 0.15) is 43.2 Å². The number of hydrogen-bond acceptors (Lipinski definition) is 4. The summed E-state index contributed by atoms with van der Waals surface area (Å²) in [5.41, 5.74) is 0.964. The summed E-state index contributed by atoms with van der Waals surface area (Å²) in [4.78, 5) is 20.0. The maximum absolute atomic E-state index is 12.5. The van der Waals surface area contributed by atoms with Crippen LogP contribution >= 0.6 is 11.3 Å². The number of rotatable bonds is 5. The minimum atomic E-state index is -0.00610. The Balaban J connectivity index is 1.55. The number of nitrogens with one attached hydrogen (secondary N) is 1. The van der Waals surface area contributed by atoms with E-state index in [1.54, 1.807) is 17.5 Å². The van der Waals surface area contributed by atoms with Crippen LogP contribution in [0.25, 0.3) is 0 Å². The van der Waals surface area contributed by atoms with Crippen molar-refractivity contribution in [2.75, 3.05) is 6.54 Å². The highest BCUT2D eigenvalue weighted by Crippen LogP contribution is 2.34. The van der Waals surface area contributed by atoms with Crippen molar-refractivity contribution in [3.8, 4) is 5.88 Å². The van der Waals surface area contributed by atoms with Crippen molar-refractivity contribution < 1.29 is 9.53 Å². The molecule has 3 heterocycles. The first-order chi connectivity index (χ1) is 11.6. The van der Waals surface area contributed by atoms with Crippen molar-refractivity contribution in [3.05, 3.63) is 46.3 Å². The molecule has 1 fully saturated rings. The van der Waals surface area contributed by atoms with Crippen LogP contribution in [-0.2, 0) is 6.54 Å². The van der Waals surface area contributed by atoms with Gasteiger partial charge in [-0.05, 0) is 43.7 Å². The number of nitrogens with zero attached hydrogens (tertiary/aromatic N) is 2. The third kappa shape index (κ3) is 4.06. The van der Waals surface area contributed by atoms with E-state index in [-0.39, 0.29) is 18.2 Å². The summed E-state index contributed by atoms with van der Waals surface area (Å²) in [7, 11) is 0. The van der Waals surface area contributed by atoms with Gasteiger partial charge in [0, 0.05) is 30.2 Å². The molecule has 3 rings (SSSR count). The number of pyridine rings is 1. The summed E-state index contributed by atoms with van der Waals surface area (Å²) in [5.74, 6) is 0.609. The second-order valence-electron chi connectivity index (χ2n) is 6.20. The number of thiophene rings is 1.